The Labute approximate surface area is 173 Å². The lowest BCUT2D eigenvalue weighted by atomic mass is 10.3. The Bertz CT molecular complexity index is 1010. The summed E-state index contributed by atoms with van der Waals surface area (Å²) < 4.78 is 7.25. The highest BCUT2D eigenvalue weighted by molar-refractivity contribution is 6.28. The van der Waals surface area contributed by atoms with Gasteiger partial charge in [0.15, 0.2) is 5.82 Å². The minimum Gasteiger partial charge on any atom is -0.380 e. The molecular formula is C19H24ClN7O2. The van der Waals surface area contributed by atoms with E-state index in [9.17, 15) is 4.79 Å². The average molecular weight is 418 g/mol. The molecule has 10 heteroatoms. The molecule has 0 saturated carbocycles. The van der Waals surface area contributed by atoms with Crippen LogP contribution in [0, 0.1) is 6.92 Å². The maximum Gasteiger partial charge on any atom is 0.225 e. The van der Waals surface area contributed by atoms with Crippen LogP contribution in [0.3, 0.4) is 0 Å². The monoisotopic (exact) mass is 417 g/mol. The minimum absolute atomic E-state index is 0.0653. The fourth-order valence-corrected chi connectivity index (χ4v) is 2.98. The zero-order valence-electron chi connectivity index (χ0n) is 16.7. The van der Waals surface area contributed by atoms with Crippen molar-refractivity contribution in [2.75, 3.05) is 18.5 Å². The number of pyridine rings is 1. The van der Waals surface area contributed by atoms with Gasteiger partial charge in [0.1, 0.15) is 22.5 Å². The molecule has 0 bridgehead atoms. The van der Waals surface area contributed by atoms with Gasteiger partial charge in [0.05, 0.1) is 19.7 Å². The van der Waals surface area contributed by atoms with Gasteiger partial charge in [-0.15, -0.1) is 0 Å². The number of aryl methyl sites for hydroxylation is 1. The number of aromatic nitrogens is 5. The van der Waals surface area contributed by atoms with E-state index in [1.165, 1.54) is 0 Å². The Morgan fingerprint density at radius 2 is 2.14 bits per heavy atom. The number of anilines is 2. The molecule has 29 heavy (non-hydrogen) atoms. The van der Waals surface area contributed by atoms with E-state index in [1.54, 1.807) is 17.8 Å². The number of nitrogens with one attached hydrogen (secondary N) is 2. The van der Waals surface area contributed by atoms with E-state index >= 15 is 0 Å². The van der Waals surface area contributed by atoms with Crippen molar-refractivity contribution in [3.05, 3.63) is 34.9 Å². The van der Waals surface area contributed by atoms with Crippen molar-refractivity contribution in [3.63, 3.8) is 0 Å². The Morgan fingerprint density at radius 3 is 2.86 bits per heavy atom. The van der Waals surface area contributed by atoms with E-state index in [2.05, 4.69) is 30.7 Å². The first-order chi connectivity index (χ1) is 14.0. The van der Waals surface area contributed by atoms with Crippen molar-refractivity contribution in [2.24, 2.45) is 0 Å². The van der Waals surface area contributed by atoms with Crippen molar-refractivity contribution < 1.29 is 9.53 Å². The zero-order valence-corrected chi connectivity index (χ0v) is 17.5. The number of fused-ring (bicyclic) bond motifs is 1. The van der Waals surface area contributed by atoms with Crippen LogP contribution in [0.15, 0.2) is 18.3 Å². The summed E-state index contributed by atoms with van der Waals surface area (Å²) in [5.41, 5.74) is 2.93. The second-order valence-electron chi connectivity index (χ2n) is 6.38. The predicted octanol–water partition coefficient (Wildman–Crippen LogP) is 2.99. The van der Waals surface area contributed by atoms with Crippen LogP contribution >= 0.6 is 11.6 Å². The van der Waals surface area contributed by atoms with Gasteiger partial charge in [0.25, 0.3) is 0 Å². The Hall–Kier alpha value is -2.78. The molecule has 0 aliphatic carbocycles. The van der Waals surface area contributed by atoms with Gasteiger partial charge in [-0.2, -0.15) is 10.1 Å². The van der Waals surface area contributed by atoms with Crippen LogP contribution in [0.1, 0.15) is 31.5 Å². The van der Waals surface area contributed by atoms with Gasteiger partial charge in [0.2, 0.25) is 11.2 Å². The second kappa shape index (κ2) is 9.62. The van der Waals surface area contributed by atoms with Crippen LogP contribution in [0.25, 0.3) is 11.0 Å². The maximum absolute atomic E-state index is 11.7. The number of rotatable bonds is 9. The number of halogens is 1. The van der Waals surface area contributed by atoms with Gasteiger partial charge < -0.3 is 15.4 Å². The normalized spacial score (nSPS) is 11.0. The van der Waals surface area contributed by atoms with E-state index in [0.717, 1.165) is 5.56 Å². The van der Waals surface area contributed by atoms with Gasteiger partial charge in [-0.05, 0) is 43.1 Å². The summed E-state index contributed by atoms with van der Waals surface area (Å²) in [7, 11) is 0. The van der Waals surface area contributed by atoms with E-state index in [4.69, 9.17) is 16.3 Å². The molecule has 0 atom stereocenters. The van der Waals surface area contributed by atoms with Crippen LogP contribution in [0.2, 0.25) is 5.28 Å². The maximum atomic E-state index is 11.7. The number of ether oxygens (including phenoxy) is 1. The highest BCUT2D eigenvalue weighted by Crippen LogP contribution is 2.27. The molecule has 3 heterocycles. The first kappa shape index (κ1) is 20.9. The topological polar surface area (TPSA) is 107 Å². The van der Waals surface area contributed by atoms with Gasteiger partial charge in [-0.1, -0.05) is 6.92 Å². The Morgan fingerprint density at radius 1 is 1.31 bits per heavy atom. The van der Waals surface area contributed by atoms with Crippen molar-refractivity contribution in [1.29, 1.82) is 0 Å². The molecule has 0 fully saturated rings. The summed E-state index contributed by atoms with van der Waals surface area (Å²) in [5, 5.41) is 10.8. The third-order valence-electron chi connectivity index (χ3n) is 4.22. The summed E-state index contributed by atoms with van der Waals surface area (Å²) in [6.07, 6.45) is 2.11. The molecule has 9 nitrogen and oxygen atoms in total. The molecular weight excluding hydrogens is 394 g/mol. The second-order valence-corrected chi connectivity index (χ2v) is 6.72. The molecule has 0 aromatic carbocycles. The van der Waals surface area contributed by atoms with Gasteiger partial charge in [-0.25, -0.2) is 9.97 Å². The lowest BCUT2D eigenvalue weighted by Gasteiger charge is -2.10. The molecule has 0 aliphatic rings. The van der Waals surface area contributed by atoms with E-state index in [0.29, 0.717) is 54.5 Å². The van der Waals surface area contributed by atoms with Crippen LogP contribution in [-0.2, 0) is 22.6 Å². The molecule has 154 valence electrons. The number of carbonyl (C=O) groups excluding carboxylic acids is 1. The molecule has 0 radical (unpaired) electrons. The highest BCUT2D eigenvalue weighted by atomic mass is 35.5. The predicted molar refractivity (Wildman–Crippen MR) is 111 cm³/mol. The number of carbonyl (C=O) groups is 1. The molecule has 1 amide bonds. The fraction of sp³-hybridized carbons (Fsp3) is 0.421. The SMILES string of the molecule is CCOCCn1nc(CNC(=O)CC)c2nc(Cl)nc(Nc3cc(C)ccn3)c21. The molecule has 0 spiro atoms. The molecule has 0 saturated heterocycles. The molecule has 3 aromatic heterocycles. The standard InChI is InChI=1S/C19H24ClN7O2/c1-4-15(28)22-11-13-16-17(27(26-13)8-9-29-5-2)18(25-19(20)24-16)23-14-10-12(3)6-7-21-14/h6-7,10H,4-5,8-9,11H2,1-3H3,(H,22,28)(H,21,23,24,25). The summed E-state index contributed by atoms with van der Waals surface area (Å²) >= 11 is 6.19. The highest BCUT2D eigenvalue weighted by Gasteiger charge is 2.19. The van der Waals surface area contributed by atoms with Crippen molar-refractivity contribution in [2.45, 2.75) is 40.3 Å². The molecule has 3 rings (SSSR count). The van der Waals surface area contributed by atoms with E-state index < -0.39 is 0 Å². The molecule has 0 aliphatic heterocycles. The number of hydrogen-bond acceptors (Lipinski definition) is 7. The van der Waals surface area contributed by atoms with Crippen molar-refractivity contribution in [1.82, 2.24) is 30.0 Å². The first-order valence-corrected chi connectivity index (χ1v) is 9.86. The Kier molecular flexibility index (Phi) is 6.95. The quantitative estimate of drug-likeness (QED) is 0.407. The van der Waals surface area contributed by atoms with Crippen molar-refractivity contribution in [3.8, 4) is 0 Å². The lowest BCUT2D eigenvalue weighted by molar-refractivity contribution is -0.120. The van der Waals surface area contributed by atoms with Crippen molar-refractivity contribution >= 4 is 40.2 Å². The number of amides is 1. The van der Waals surface area contributed by atoms with Gasteiger partial charge in [-0.3, -0.25) is 9.48 Å². The van der Waals surface area contributed by atoms with Crippen LogP contribution in [-0.4, -0.2) is 43.9 Å². The third kappa shape index (κ3) is 5.18. The lowest BCUT2D eigenvalue weighted by Crippen LogP contribution is -2.22. The summed E-state index contributed by atoms with van der Waals surface area (Å²) in [4.78, 5) is 24.7. The Balaban J connectivity index is 2.04. The van der Waals surface area contributed by atoms with Gasteiger partial charge >= 0.3 is 0 Å². The molecule has 0 unspecified atom stereocenters. The first-order valence-electron chi connectivity index (χ1n) is 9.48. The van der Waals surface area contributed by atoms with Crippen LogP contribution in [0.5, 0.6) is 0 Å². The molecule has 3 aromatic rings. The summed E-state index contributed by atoms with van der Waals surface area (Å²) in [6, 6.07) is 3.82. The largest absolute Gasteiger partial charge is 0.380 e. The third-order valence-corrected chi connectivity index (χ3v) is 4.39. The average Bonchev–Trinajstić information content (AvgIpc) is 3.04. The van der Waals surface area contributed by atoms with Gasteiger partial charge in [0, 0.05) is 19.2 Å². The van der Waals surface area contributed by atoms with E-state index in [-0.39, 0.29) is 17.7 Å². The number of hydrogen-bond donors (Lipinski definition) is 2. The summed E-state index contributed by atoms with van der Waals surface area (Å²) in [6.45, 7) is 7.57. The van der Waals surface area contributed by atoms with E-state index in [1.807, 2.05) is 26.0 Å². The number of nitrogens with zero attached hydrogens (tertiary/aromatic N) is 5. The zero-order chi connectivity index (χ0) is 20.8. The summed E-state index contributed by atoms with van der Waals surface area (Å²) in [5.74, 6) is 1.07. The minimum atomic E-state index is -0.0653. The fourth-order valence-electron chi connectivity index (χ4n) is 2.81. The smallest absolute Gasteiger partial charge is 0.225 e. The van der Waals surface area contributed by atoms with Crippen LogP contribution < -0.4 is 10.6 Å². The molecule has 2 N–H and O–H groups in total. The van der Waals surface area contributed by atoms with Crippen LogP contribution in [0.4, 0.5) is 11.6 Å².